The number of carbonyl (C=O) groups is 3. The quantitative estimate of drug-likeness (QED) is 0.0991. The maximum absolute atomic E-state index is 13.6. The molecule has 1 N–H and O–H groups in total. The maximum atomic E-state index is 13.6. The summed E-state index contributed by atoms with van der Waals surface area (Å²) in [5.41, 5.74) is 4.19. The van der Waals surface area contributed by atoms with E-state index in [0.717, 1.165) is 34.4 Å². The molecular weight excluding hydrogens is 564 g/mol. The van der Waals surface area contributed by atoms with Crippen molar-refractivity contribution in [1.29, 1.82) is 0 Å². The van der Waals surface area contributed by atoms with Gasteiger partial charge in [-0.3, -0.25) is 14.5 Å². The molecule has 3 aromatic carbocycles. The van der Waals surface area contributed by atoms with E-state index in [4.69, 9.17) is 9.47 Å². The second kappa shape index (κ2) is 12.6. The van der Waals surface area contributed by atoms with Crippen molar-refractivity contribution in [2.75, 3.05) is 11.5 Å². The van der Waals surface area contributed by atoms with Gasteiger partial charge in [-0.25, -0.2) is 9.78 Å². The predicted molar refractivity (Wildman–Crippen MR) is 165 cm³/mol. The number of rotatable bonds is 9. The van der Waals surface area contributed by atoms with Crippen LogP contribution < -0.4 is 9.64 Å². The highest BCUT2D eigenvalue weighted by Gasteiger charge is 2.48. The fourth-order valence-electron chi connectivity index (χ4n) is 5.00. The standard InChI is InChI=1S/C34H32N2O6S/c1-5-22-12-14-24(15-13-22)28-27(30(38)32(39)36(28)34-35-21(4)31(43-34)33(40)41-6-2)29(37)25-16-17-26(20(3)18-25)42-19-23-10-8-7-9-11-23/h7-18,28,37H,5-6,19H2,1-4H3/b29-27+. The molecule has 1 fully saturated rings. The lowest BCUT2D eigenvalue weighted by Gasteiger charge is -2.23. The fourth-order valence-corrected chi connectivity index (χ4v) is 5.99. The monoisotopic (exact) mass is 596 g/mol. The van der Waals surface area contributed by atoms with Gasteiger partial charge in [-0.15, -0.1) is 0 Å². The van der Waals surface area contributed by atoms with Gasteiger partial charge in [0, 0.05) is 5.56 Å². The number of thiazole rings is 1. The Morgan fingerprint density at radius 1 is 0.977 bits per heavy atom. The zero-order valence-corrected chi connectivity index (χ0v) is 25.2. The molecule has 1 aliphatic rings. The summed E-state index contributed by atoms with van der Waals surface area (Å²) in [6.45, 7) is 7.81. The third kappa shape index (κ3) is 5.94. The highest BCUT2D eigenvalue weighted by molar-refractivity contribution is 7.17. The van der Waals surface area contributed by atoms with Crippen LogP contribution >= 0.6 is 11.3 Å². The molecule has 4 aromatic rings. The van der Waals surface area contributed by atoms with Crippen molar-refractivity contribution in [3.05, 3.63) is 117 Å². The minimum absolute atomic E-state index is 0.0582. The summed E-state index contributed by atoms with van der Waals surface area (Å²) in [7, 11) is 0. The van der Waals surface area contributed by atoms with E-state index in [1.807, 2.05) is 68.4 Å². The molecule has 220 valence electrons. The molecule has 1 atom stereocenters. The van der Waals surface area contributed by atoms with Gasteiger partial charge < -0.3 is 14.6 Å². The minimum atomic E-state index is -0.958. The Labute approximate surface area is 254 Å². The van der Waals surface area contributed by atoms with Gasteiger partial charge in [0.1, 0.15) is 23.0 Å². The van der Waals surface area contributed by atoms with Gasteiger partial charge in [-0.1, -0.05) is 72.9 Å². The molecule has 0 spiro atoms. The number of Topliss-reactive ketones (excluding diaryl/α,β-unsaturated/α-hetero) is 1. The van der Waals surface area contributed by atoms with Crippen LogP contribution in [0, 0.1) is 13.8 Å². The number of aliphatic hydroxyl groups is 1. The van der Waals surface area contributed by atoms with Gasteiger partial charge in [0.25, 0.3) is 5.78 Å². The summed E-state index contributed by atoms with van der Waals surface area (Å²) in [5.74, 6) is -1.89. The average molecular weight is 597 g/mol. The molecule has 2 heterocycles. The number of aryl methyl sites for hydroxylation is 3. The lowest BCUT2D eigenvalue weighted by molar-refractivity contribution is -0.132. The van der Waals surface area contributed by atoms with Crippen LogP contribution in [0.1, 0.15) is 63.1 Å². The third-order valence-corrected chi connectivity index (χ3v) is 8.42. The molecule has 1 unspecified atom stereocenters. The van der Waals surface area contributed by atoms with Crippen molar-refractivity contribution in [3.63, 3.8) is 0 Å². The van der Waals surface area contributed by atoms with Crippen molar-refractivity contribution in [3.8, 4) is 5.75 Å². The summed E-state index contributed by atoms with van der Waals surface area (Å²) in [6, 6.07) is 21.5. The first-order chi connectivity index (χ1) is 20.7. The lowest BCUT2D eigenvalue weighted by atomic mass is 9.94. The first-order valence-corrected chi connectivity index (χ1v) is 14.9. The molecule has 8 nitrogen and oxygen atoms in total. The van der Waals surface area contributed by atoms with Gasteiger partial charge in [0.15, 0.2) is 5.13 Å². The van der Waals surface area contributed by atoms with E-state index < -0.39 is 23.7 Å². The molecule has 1 aromatic heterocycles. The number of ether oxygens (including phenoxy) is 2. The SMILES string of the molecule is CCOC(=O)c1sc(N2C(=O)C(=O)/C(=C(/O)c3ccc(OCc4ccccc4)c(C)c3)C2c2ccc(CC)cc2)nc1C. The van der Waals surface area contributed by atoms with E-state index >= 15 is 0 Å². The molecule has 5 rings (SSSR count). The number of aliphatic hydroxyl groups excluding tert-OH is 1. The Morgan fingerprint density at radius 2 is 1.70 bits per heavy atom. The molecular formula is C34H32N2O6S. The summed E-state index contributed by atoms with van der Waals surface area (Å²) in [6.07, 6.45) is 0.813. The molecule has 9 heteroatoms. The molecule has 1 aliphatic heterocycles. The predicted octanol–water partition coefficient (Wildman–Crippen LogP) is 6.70. The number of esters is 1. The number of anilines is 1. The zero-order chi connectivity index (χ0) is 30.7. The second-order valence-electron chi connectivity index (χ2n) is 10.2. The Balaban J connectivity index is 1.57. The molecule has 43 heavy (non-hydrogen) atoms. The number of benzene rings is 3. The number of ketones is 1. The Hall–Kier alpha value is -4.76. The highest BCUT2D eigenvalue weighted by Crippen LogP contribution is 2.44. The Morgan fingerprint density at radius 3 is 2.35 bits per heavy atom. The lowest BCUT2D eigenvalue weighted by Crippen LogP contribution is -2.29. The van der Waals surface area contributed by atoms with Gasteiger partial charge in [0.2, 0.25) is 0 Å². The molecule has 1 saturated heterocycles. The van der Waals surface area contributed by atoms with Gasteiger partial charge >= 0.3 is 11.9 Å². The summed E-state index contributed by atoms with van der Waals surface area (Å²) < 4.78 is 11.1. The van der Waals surface area contributed by atoms with Crippen LogP contribution in [-0.4, -0.2) is 34.4 Å². The number of amides is 1. The summed E-state index contributed by atoms with van der Waals surface area (Å²) >= 11 is 0.981. The highest BCUT2D eigenvalue weighted by atomic mass is 32.1. The summed E-state index contributed by atoms with van der Waals surface area (Å²) in [5, 5.41) is 11.8. The van der Waals surface area contributed by atoms with Crippen LogP contribution in [-0.2, 0) is 27.4 Å². The molecule has 1 amide bonds. The topological polar surface area (TPSA) is 106 Å². The van der Waals surface area contributed by atoms with Crippen molar-refractivity contribution in [2.45, 2.75) is 46.8 Å². The van der Waals surface area contributed by atoms with Crippen LogP contribution in [0.15, 0.2) is 78.4 Å². The van der Waals surface area contributed by atoms with Crippen molar-refractivity contribution in [1.82, 2.24) is 4.98 Å². The molecule has 0 bridgehead atoms. The number of nitrogens with zero attached hydrogens (tertiary/aromatic N) is 2. The van der Waals surface area contributed by atoms with E-state index in [1.165, 1.54) is 4.90 Å². The first-order valence-electron chi connectivity index (χ1n) is 14.1. The van der Waals surface area contributed by atoms with Crippen LogP contribution in [0.3, 0.4) is 0 Å². The van der Waals surface area contributed by atoms with Crippen molar-refractivity contribution < 1.29 is 29.0 Å². The van der Waals surface area contributed by atoms with E-state index in [1.54, 1.807) is 32.0 Å². The average Bonchev–Trinajstić information content (AvgIpc) is 3.52. The van der Waals surface area contributed by atoms with Crippen LogP contribution in [0.5, 0.6) is 5.75 Å². The number of hydrogen-bond donors (Lipinski definition) is 1. The van der Waals surface area contributed by atoms with Crippen molar-refractivity contribution in [2.24, 2.45) is 0 Å². The van der Waals surface area contributed by atoms with E-state index in [-0.39, 0.29) is 27.9 Å². The fraction of sp³-hybridized carbons (Fsp3) is 0.235. The van der Waals surface area contributed by atoms with Gasteiger partial charge in [-0.2, -0.15) is 0 Å². The number of carbonyl (C=O) groups excluding carboxylic acids is 3. The smallest absolute Gasteiger partial charge is 0.350 e. The first kappa shape index (κ1) is 29.7. The normalized spacial score (nSPS) is 16.0. The van der Waals surface area contributed by atoms with E-state index in [9.17, 15) is 19.5 Å². The Bertz CT molecular complexity index is 1710. The molecule has 0 radical (unpaired) electrons. The van der Waals surface area contributed by atoms with Crippen molar-refractivity contribution >= 4 is 39.9 Å². The van der Waals surface area contributed by atoms with E-state index in [0.29, 0.717) is 29.2 Å². The van der Waals surface area contributed by atoms with Gasteiger partial charge in [0.05, 0.1) is 23.9 Å². The maximum Gasteiger partial charge on any atom is 0.350 e. The van der Waals surface area contributed by atoms with Crippen LogP contribution in [0.2, 0.25) is 0 Å². The number of hydrogen-bond acceptors (Lipinski definition) is 8. The Kier molecular flexibility index (Phi) is 8.73. The van der Waals surface area contributed by atoms with E-state index in [2.05, 4.69) is 4.98 Å². The zero-order valence-electron chi connectivity index (χ0n) is 24.4. The van der Waals surface area contributed by atoms with Crippen LogP contribution in [0.25, 0.3) is 5.76 Å². The minimum Gasteiger partial charge on any atom is -0.507 e. The third-order valence-electron chi connectivity index (χ3n) is 7.29. The number of aromatic nitrogens is 1. The molecule has 0 saturated carbocycles. The summed E-state index contributed by atoms with van der Waals surface area (Å²) in [4.78, 5) is 45.7. The van der Waals surface area contributed by atoms with Gasteiger partial charge in [-0.05, 0) is 67.6 Å². The van der Waals surface area contributed by atoms with Crippen LogP contribution in [0.4, 0.5) is 5.13 Å². The largest absolute Gasteiger partial charge is 0.507 e. The second-order valence-corrected chi connectivity index (χ2v) is 11.1. The molecule has 0 aliphatic carbocycles.